The fourth-order valence-corrected chi connectivity index (χ4v) is 7.79. The molecule has 0 radical (unpaired) electrons. The molecule has 1 saturated heterocycles. The van der Waals surface area contributed by atoms with Crippen LogP contribution < -0.4 is 19.8 Å². The van der Waals surface area contributed by atoms with Gasteiger partial charge in [0.2, 0.25) is 11.8 Å². The molecule has 1 fully saturated rings. The summed E-state index contributed by atoms with van der Waals surface area (Å²) in [5.74, 6) is -3.28. The van der Waals surface area contributed by atoms with Crippen molar-refractivity contribution in [1.29, 1.82) is 0 Å². The molecule has 0 spiro atoms. The maximum Gasteiger partial charge on any atom is 0.416 e. The van der Waals surface area contributed by atoms with Crippen LogP contribution in [0.2, 0.25) is 0 Å². The highest BCUT2D eigenvalue weighted by Crippen LogP contribution is 2.53. The van der Waals surface area contributed by atoms with Crippen LogP contribution in [0.15, 0.2) is 82.6 Å². The average molecular weight is 657 g/mol. The Kier molecular flexibility index (Phi) is 7.70. The molecular weight excluding hydrogens is 637 g/mol. The third-order valence-corrected chi connectivity index (χ3v) is 9.60. The average Bonchev–Trinajstić information content (AvgIpc) is 3.49. The summed E-state index contributed by atoms with van der Waals surface area (Å²) in [6, 6.07) is 15.6. The zero-order chi connectivity index (χ0) is 32.0. The van der Waals surface area contributed by atoms with Gasteiger partial charge in [-0.25, -0.2) is 4.90 Å². The number of hydrogen-bond donors (Lipinski definition) is 2. The summed E-state index contributed by atoms with van der Waals surface area (Å²) in [5, 5.41) is 13.0. The summed E-state index contributed by atoms with van der Waals surface area (Å²) < 4.78 is 44.7. The Hall–Kier alpha value is -4.96. The van der Waals surface area contributed by atoms with Gasteiger partial charge in [-0.05, 0) is 48.0 Å². The molecule has 1 aromatic heterocycles. The lowest BCUT2D eigenvalue weighted by molar-refractivity contribution is -0.384. The molecule has 4 aromatic rings. The second-order valence-electron chi connectivity index (χ2n) is 10.0. The number of anilines is 2. The lowest BCUT2D eigenvalue weighted by Gasteiger charge is -2.30. The van der Waals surface area contributed by atoms with Gasteiger partial charge in [0.15, 0.2) is 6.61 Å². The van der Waals surface area contributed by atoms with Crippen LogP contribution in [0, 0.1) is 16.0 Å². The number of fused-ring (bicyclic) bond motifs is 2. The maximum absolute atomic E-state index is 13.8. The smallest absolute Gasteiger partial charge is 0.416 e. The number of carbonyl (C=O) groups is 3. The summed E-state index contributed by atoms with van der Waals surface area (Å²) in [5.41, 5.74) is -0.497. The van der Waals surface area contributed by atoms with Crippen LogP contribution in [0.25, 0.3) is 0 Å². The third kappa shape index (κ3) is 5.81. The van der Waals surface area contributed by atoms with E-state index >= 15 is 0 Å². The van der Waals surface area contributed by atoms with Crippen molar-refractivity contribution in [1.82, 2.24) is 4.98 Å². The van der Waals surface area contributed by atoms with E-state index < -0.39 is 58.1 Å². The molecule has 2 aliphatic heterocycles. The van der Waals surface area contributed by atoms with Crippen LogP contribution in [-0.2, 0) is 20.6 Å². The number of nitro benzene ring substituents is 1. The van der Waals surface area contributed by atoms with E-state index in [1.165, 1.54) is 36.4 Å². The topological polar surface area (TPSA) is 152 Å². The quantitative estimate of drug-likeness (QED) is 0.157. The zero-order valence-electron chi connectivity index (χ0n) is 22.6. The Morgan fingerprint density at radius 3 is 2.47 bits per heavy atom. The number of nitro groups is 1. The van der Waals surface area contributed by atoms with Gasteiger partial charge >= 0.3 is 11.0 Å². The monoisotopic (exact) mass is 656 g/mol. The van der Waals surface area contributed by atoms with Gasteiger partial charge in [0.05, 0.1) is 27.1 Å². The summed E-state index contributed by atoms with van der Waals surface area (Å²) in [6.45, 7) is -0.541. The highest BCUT2D eigenvalue weighted by molar-refractivity contribution is 8.00. The first-order valence-corrected chi connectivity index (χ1v) is 14.8. The van der Waals surface area contributed by atoms with Crippen molar-refractivity contribution < 1.29 is 37.2 Å². The highest BCUT2D eigenvalue weighted by Gasteiger charge is 2.56. The Bertz CT molecular complexity index is 1910. The molecule has 11 nitrogen and oxygen atoms in total. The van der Waals surface area contributed by atoms with Crippen LogP contribution in [0.1, 0.15) is 21.9 Å². The number of alkyl halides is 3. The molecule has 0 bridgehead atoms. The van der Waals surface area contributed by atoms with E-state index in [9.17, 15) is 42.5 Å². The van der Waals surface area contributed by atoms with Gasteiger partial charge in [-0.2, -0.15) is 13.2 Å². The summed E-state index contributed by atoms with van der Waals surface area (Å²) in [7, 11) is 0. The molecule has 2 N–H and O–H groups in total. The summed E-state index contributed by atoms with van der Waals surface area (Å²) >= 11 is 1.97. The number of amides is 3. The number of carbonyl (C=O) groups excluding carboxylic acids is 3. The molecule has 3 aromatic carbocycles. The van der Waals surface area contributed by atoms with Crippen molar-refractivity contribution >= 4 is 57.9 Å². The Morgan fingerprint density at radius 1 is 1.02 bits per heavy atom. The van der Waals surface area contributed by atoms with Crippen molar-refractivity contribution in [3.8, 4) is 5.75 Å². The number of rotatable bonds is 7. The van der Waals surface area contributed by atoms with E-state index in [1.54, 1.807) is 24.3 Å². The lowest BCUT2D eigenvalue weighted by Crippen LogP contribution is -2.32. The van der Waals surface area contributed by atoms with Gasteiger partial charge in [-0.1, -0.05) is 41.3 Å². The van der Waals surface area contributed by atoms with Gasteiger partial charge < -0.3 is 15.0 Å². The summed E-state index contributed by atoms with van der Waals surface area (Å²) in [6.07, 6.45) is -4.58. The highest BCUT2D eigenvalue weighted by atomic mass is 32.2. The number of halogens is 3. The lowest BCUT2D eigenvalue weighted by atomic mass is 9.83. The van der Waals surface area contributed by atoms with Gasteiger partial charge in [-0.3, -0.25) is 29.3 Å². The molecule has 3 atom stereocenters. The number of nitrogens with one attached hydrogen (secondary N) is 2. The fraction of sp³-hybridized carbons (Fsp3) is 0.172. The minimum absolute atomic E-state index is 0.0604. The maximum atomic E-state index is 13.8. The number of hydrogen-bond acceptors (Lipinski definition) is 9. The number of imide groups is 1. The standard InChI is InChI=1S/C29H19F3N4O7S2/c30-29(31,32)15-4-2-5-16(12-15)33-20(37)13-43-19-6-1-3-14(11-19)21-22-24(44-25-23(21)45-28(40)34-25)27(39)35(26(22)38)17-7-9-18(10-8-17)36(41)42/h1-12,21-22,24H,13H2,(H,33,37)(H,34,40)/t21-,22-,24+/m0/s1. The third-order valence-electron chi connectivity index (χ3n) is 7.20. The number of nitrogens with zero attached hydrogens (tertiary/aromatic N) is 2. The molecule has 16 heteroatoms. The van der Waals surface area contributed by atoms with E-state index in [0.29, 0.717) is 15.5 Å². The molecule has 2 aliphatic rings. The summed E-state index contributed by atoms with van der Waals surface area (Å²) in [4.78, 5) is 66.6. The Morgan fingerprint density at radius 2 is 1.76 bits per heavy atom. The molecule has 0 aliphatic carbocycles. The number of thiazole rings is 1. The SMILES string of the molecule is O=C(COc1cccc([C@@H]2c3sc(=O)[nH]c3S[C@H]3C(=O)N(c4ccc([N+](=O)[O-])cc4)C(=O)[C@@H]23)c1)Nc1cccc(C(F)(F)F)c1. The van der Waals surface area contributed by atoms with Crippen LogP contribution in [0.5, 0.6) is 5.75 Å². The van der Waals surface area contributed by atoms with Crippen LogP contribution >= 0.6 is 23.1 Å². The van der Waals surface area contributed by atoms with Crippen molar-refractivity contribution in [3.05, 3.63) is 109 Å². The second kappa shape index (κ2) is 11.5. The number of ether oxygens (including phenoxy) is 1. The first kappa shape index (κ1) is 30.1. The molecule has 230 valence electrons. The van der Waals surface area contributed by atoms with Crippen molar-refractivity contribution in [2.45, 2.75) is 22.4 Å². The predicted molar refractivity (Wildman–Crippen MR) is 158 cm³/mol. The minimum Gasteiger partial charge on any atom is -0.484 e. The van der Waals surface area contributed by atoms with E-state index in [-0.39, 0.29) is 27.7 Å². The molecule has 45 heavy (non-hydrogen) atoms. The molecule has 3 amide bonds. The van der Waals surface area contributed by atoms with Crippen molar-refractivity contribution in [2.24, 2.45) is 5.92 Å². The Balaban J connectivity index is 1.25. The van der Waals surface area contributed by atoms with E-state index in [4.69, 9.17) is 4.74 Å². The van der Waals surface area contributed by atoms with Gasteiger partial charge in [0.1, 0.15) is 11.0 Å². The molecule has 6 rings (SSSR count). The van der Waals surface area contributed by atoms with Gasteiger partial charge in [-0.15, -0.1) is 0 Å². The largest absolute Gasteiger partial charge is 0.484 e. The van der Waals surface area contributed by atoms with Crippen LogP contribution in [-0.4, -0.2) is 39.5 Å². The van der Waals surface area contributed by atoms with Crippen LogP contribution in [0.4, 0.5) is 30.2 Å². The molecule has 3 heterocycles. The number of aromatic amines is 1. The van der Waals surface area contributed by atoms with Crippen molar-refractivity contribution in [3.63, 3.8) is 0 Å². The zero-order valence-corrected chi connectivity index (χ0v) is 24.2. The number of H-pyrrole nitrogens is 1. The van der Waals surface area contributed by atoms with Gasteiger partial charge in [0.25, 0.3) is 11.6 Å². The van der Waals surface area contributed by atoms with Gasteiger partial charge in [0, 0.05) is 28.6 Å². The molecular formula is C29H19F3N4O7S2. The fourth-order valence-electron chi connectivity index (χ4n) is 5.27. The predicted octanol–water partition coefficient (Wildman–Crippen LogP) is 5.18. The van der Waals surface area contributed by atoms with Crippen molar-refractivity contribution in [2.75, 3.05) is 16.8 Å². The number of aromatic nitrogens is 1. The van der Waals surface area contributed by atoms with E-state index in [2.05, 4.69) is 10.3 Å². The van der Waals surface area contributed by atoms with E-state index in [1.807, 2.05) is 0 Å². The number of benzene rings is 3. The minimum atomic E-state index is -4.58. The first-order chi connectivity index (χ1) is 21.4. The number of thioether (sulfide) groups is 1. The second-order valence-corrected chi connectivity index (χ2v) is 12.2. The van der Waals surface area contributed by atoms with E-state index in [0.717, 1.165) is 40.1 Å². The molecule has 0 saturated carbocycles. The Labute approximate surface area is 259 Å². The number of non-ortho nitro benzene ring substituents is 1. The first-order valence-electron chi connectivity index (χ1n) is 13.1. The van der Waals surface area contributed by atoms with Crippen LogP contribution in [0.3, 0.4) is 0 Å². The molecule has 0 unspecified atom stereocenters. The normalized spacial score (nSPS) is 19.2.